The Hall–Kier alpha value is -4.22. The summed E-state index contributed by atoms with van der Waals surface area (Å²) in [6.45, 7) is 6.29. The summed E-state index contributed by atoms with van der Waals surface area (Å²) >= 11 is 0. The largest absolute Gasteiger partial charge is 0.497 e. The van der Waals surface area contributed by atoms with Crippen LogP contribution in [-0.2, 0) is 22.3 Å². The molecule has 262 valence electrons. The van der Waals surface area contributed by atoms with Gasteiger partial charge in [0.25, 0.3) is 11.8 Å². The van der Waals surface area contributed by atoms with Gasteiger partial charge in [-0.25, -0.2) is 4.21 Å². The average molecular weight is 696 g/mol. The van der Waals surface area contributed by atoms with Crippen LogP contribution >= 0.6 is 0 Å². The molecule has 0 radical (unpaired) electrons. The van der Waals surface area contributed by atoms with Crippen molar-refractivity contribution >= 4 is 45.4 Å². The number of nitrogens with zero attached hydrogens (tertiary/aromatic N) is 4. The summed E-state index contributed by atoms with van der Waals surface area (Å²) in [5.74, 6) is 0.764. The van der Waals surface area contributed by atoms with Gasteiger partial charge in [-0.05, 0) is 98.6 Å². The lowest BCUT2D eigenvalue weighted by molar-refractivity contribution is 0.0302. The van der Waals surface area contributed by atoms with E-state index in [1.165, 1.54) is 24.8 Å². The number of amides is 2. The van der Waals surface area contributed by atoms with Crippen LogP contribution in [-0.4, -0.2) is 73.9 Å². The summed E-state index contributed by atoms with van der Waals surface area (Å²) in [6, 6.07) is 12.4. The summed E-state index contributed by atoms with van der Waals surface area (Å²) in [5.41, 5.74) is 8.47. The second-order valence-corrected chi connectivity index (χ2v) is 16.0. The van der Waals surface area contributed by atoms with Gasteiger partial charge in [-0.2, -0.15) is 5.10 Å². The molecule has 8 rings (SSSR count). The van der Waals surface area contributed by atoms with E-state index in [1.54, 1.807) is 13.3 Å². The number of ether oxygens (including phenoxy) is 2. The molecular weight excluding hydrogens is 651 g/mol. The summed E-state index contributed by atoms with van der Waals surface area (Å²) < 4.78 is 31.1. The summed E-state index contributed by atoms with van der Waals surface area (Å²) in [7, 11) is 0.198. The molecule has 10 nitrogen and oxygen atoms in total. The molecule has 50 heavy (non-hydrogen) atoms. The first-order valence-corrected chi connectivity index (χ1v) is 19.2. The Labute approximate surface area is 295 Å². The fraction of sp³-hybridized carbons (Fsp3) is 0.462. The SMILES string of the molecule is COc1ccc2c(c1)C=C(c1c(C(=O)N3CCOCC3)cnn1C1CC1)Cn1c-2c(C2CCCCC2)c2ccc(C(=O)NS(=O)C(C)C)cc21. The highest BCUT2D eigenvalue weighted by atomic mass is 32.2. The van der Waals surface area contributed by atoms with E-state index >= 15 is 0 Å². The van der Waals surface area contributed by atoms with Gasteiger partial charge >= 0.3 is 0 Å². The van der Waals surface area contributed by atoms with E-state index in [0.717, 1.165) is 70.4 Å². The van der Waals surface area contributed by atoms with E-state index < -0.39 is 11.0 Å². The van der Waals surface area contributed by atoms with Crippen molar-refractivity contribution in [3.63, 3.8) is 0 Å². The molecule has 2 aromatic carbocycles. The highest BCUT2D eigenvalue weighted by Gasteiger charge is 2.35. The highest BCUT2D eigenvalue weighted by molar-refractivity contribution is 7.84. The minimum absolute atomic E-state index is 0.0243. The number of allylic oxidation sites excluding steroid dienone is 1. The molecule has 4 heterocycles. The van der Waals surface area contributed by atoms with Crippen molar-refractivity contribution in [2.24, 2.45) is 0 Å². The fourth-order valence-corrected chi connectivity index (χ4v) is 8.50. The molecule has 4 aromatic rings. The lowest BCUT2D eigenvalue weighted by atomic mass is 9.81. The monoisotopic (exact) mass is 695 g/mol. The minimum atomic E-state index is -1.49. The maximum Gasteiger partial charge on any atom is 0.263 e. The summed E-state index contributed by atoms with van der Waals surface area (Å²) in [4.78, 5) is 29.5. The van der Waals surface area contributed by atoms with Gasteiger partial charge in [-0.3, -0.25) is 19.0 Å². The molecule has 2 aliphatic heterocycles. The zero-order valence-electron chi connectivity index (χ0n) is 29.1. The van der Waals surface area contributed by atoms with E-state index in [2.05, 4.69) is 38.2 Å². The number of fused-ring (bicyclic) bond motifs is 5. The molecule has 0 bridgehead atoms. The molecule has 1 atom stereocenters. The summed E-state index contributed by atoms with van der Waals surface area (Å²) in [6.07, 6.45) is 11.9. The van der Waals surface area contributed by atoms with Gasteiger partial charge in [0.05, 0.1) is 56.1 Å². The van der Waals surface area contributed by atoms with Crippen molar-refractivity contribution in [2.75, 3.05) is 33.4 Å². The maximum absolute atomic E-state index is 14.2. The predicted molar refractivity (Wildman–Crippen MR) is 196 cm³/mol. The van der Waals surface area contributed by atoms with Crippen LogP contribution in [0.4, 0.5) is 0 Å². The summed E-state index contributed by atoms with van der Waals surface area (Å²) in [5, 5.41) is 5.79. The Morgan fingerprint density at radius 2 is 1.78 bits per heavy atom. The second kappa shape index (κ2) is 13.5. The number of rotatable bonds is 8. The third kappa shape index (κ3) is 5.98. The topological polar surface area (TPSA) is 108 Å². The number of aromatic nitrogens is 3. The van der Waals surface area contributed by atoms with Gasteiger partial charge in [-0.15, -0.1) is 0 Å². The minimum Gasteiger partial charge on any atom is -0.497 e. The van der Waals surface area contributed by atoms with E-state index in [4.69, 9.17) is 14.6 Å². The number of hydrogen-bond donors (Lipinski definition) is 1. The van der Waals surface area contributed by atoms with E-state index in [0.29, 0.717) is 49.9 Å². The Morgan fingerprint density at radius 1 is 1.00 bits per heavy atom. The van der Waals surface area contributed by atoms with Crippen LogP contribution in [0.3, 0.4) is 0 Å². The Kier molecular flexibility index (Phi) is 8.89. The van der Waals surface area contributed by atoms with Gasteiger partial charge in [-0.1, -0.05) is 25.3 Å². The van der Waals surface area contributed by atoms with Crippen LogP contribution < -0.4 is 9.46 Å². The number of carbonyl (C=O) groups is 2. The Balaban J connectivity index is 1.35. The molecule has 0 spiro atoms. The highest BCUT2D eigenvalue weighted by Crippen LogP contribution is 2.48. The van der Waals surface area contributed by atoms with E-state index in [1.807, 2.05) is 36.9 Å². The number of benzene rings is 2. The molecule has 2 aromatic heterocycles. The van der Waals surface area contributed by atoms with Crippen LogP contribution in [0.1, 0.15) is 108 Å². The van der Waals surface area contributed by atoms with Gasteiger partial charge in [0.1, 0.15) is 16.7 Å². The van der Waals surface area contributed by atoms with Crippen LogP contribution in [0.25, 0.3) is 33.8 Å². The number of methoxy groups -OCH3 is 1. The molecule has 11 heteroatoms. The molecule has 1 N–H and O–H groups in total. The zero-order chi connectivity index (χ0) is 34.5. The van der Waals surface area contributed by atoms with Crippen LogP contribution in [0, 0.1) is 0 Å². The molecular formula is C39H45N5O5S. The van der Waals surface area contributed by atoms with Crippen LogP contribution in [0.5, 0.6) is 5.75 Å². The van der Waals surface area contributed by atoms with Crippen molar-refractivity contribution in [1.29, 1.82) is 0 Å². The molecule has 1 saturated heterocycles. The first-order valence-electron chi connectivity index (χ1n) is 18.0. The average Bonchev–Trinajstić information content (AvgIpc) is 3.85. The van der Waals surface area contributed by atoms with Gasteiger partial charge in [0.2, 0.25) is 0 Å². The molecule has 4 aliphatic rings. The lowest BCUT2D eigenvalue weighted by Crippen LogP contribution is -2.41. The zero-order valence-corrected chi connectivity index (χ0v) is 29.9. The number of morpholine rings is 1. The maximum atomic E-state index is 14.2. The van der Waals surface area contributed by atoms with Crippen molar-refractivity contribution < 1.29 is 23.3 Å². The van der Waals surface area contributed by atoms with Crippen molar-refractivity contribution in [3.8, 4) is 17.0 Å². The smallest absolute Gasteiger partial charge is 0.263 e. The first kappa shape index (κ1) is 33.0. The molecule has 3 fully saturated rings. The molecule has 2 amide bonds. The number of carbonyl (C=O) groups excluding carboxylic acids is 2. The lowest BCUT2D eigenvalue weighted by Gasteiger charge is -2.27. The van der Waals surface area contributed by atoms with Crippen LogP contribution in [0.2, 0.25) is 0 Å². The molecule has 1 unspecified atom stereocenters. The van der Waals surface area contributed by atoms with Crippen molar-refractivity contribution in [1.82, 2.24) is 24.0 Å². The van der Waals surface area contributed by atoms with E-state index in [9.17, 15) is 13.8 Å². The first-order chi connectivity index (χ1) is 24.3. The third-order valence-corrected chi connectivity index (χ3v) is 11.9. The standard InChI is InChI=1S/C39H45N5O5S/c1-24(2)50(47)41-38(45)26-9-13-32-34(21-26)43-23-28(36-33(22-40-44(36)29-10-11-29)39(46)42-15-17-49-18-16-42)19-27-20-30(48-3)12-14-31(27)37(43)35(32)25-7-5-4-6-8-25/h9,12-14,19-22,24-25,29H,4-8,10-11,15-18,23H2,1-3H3,(H,41,45). The fourth-order valence-electron chi connectivity index (χ4n) is 7.97. The quantitative estimate of drug-likeness (QED) is 0.219. The molecule has 2 aliphatic carbocycles. The number of hydrogen-bond acceptors (Lipinski definition) is 6. The Bertz CT molecular complexity index is 2030. The van der Waals surface area contributed by atoms with Crippen molar-refractivity contribution in [2.45, 2.75) is 82.5 Å². The predicted octanol–water partition coefficient (Wildman–Crippen LogP) is 6.72. The normalized spacial score (nSPS) is 18.7. The van der Waals surface area contributed by atoms with Gasteiger partial charge < -0.3 is 18.9 Å². The van der Waals surface area contributed by atoms with Crippen molar-refractivity contribution in [3.05, 3.63) is 70.5 Å². The second-order valence-electron chi connectivity index (χ2n) is 14.3. The molecule has 2 saturated carbocycles. The third-order valence-electron chi connectivity index (χ3n) is 10.7. The van der Waals surface area contributed by atoms with E-state index in [-0.39, 0.29) is 23.1 Å². The van der Waals surface area contributed by atoms with Crippen LogP contribution in [0.15, 0.2) is 42.6 Å². The van der Waals surface area contributed by atoms with Gasteiger partial charge in [0.15, 0.2) is 0 Å². The number of nitrogens with one attached hydrogen (secondary N) is 1. The Morgan fingerprint density at radius 3 is 2.50 bits per heavy atom. The van der Waals surface area contributed by atoms with Gasteiger partial charge in [0, 0.05) is 40.4 Å².